The summed E-state index contributed by atoms with van der Waals surface area (Å²) < 4.78 is 0. The summed E-state index contributed by atoms with van der Waals surface area (Å²) in [6.07, 6.45) is 2.46. The van der Waals surface area contributed by atoms with Gasteiger partial charge in [0.25, 0.3) is 0 Å². The highest BCUT2D eigenvalue weighted by atomic mass is 32.1. The highest BCUT2D eigenvalue weighted by molar-refractivity contribution is 7.09. The first-order valence-corrected chi connectivity index (χ1v) is 7.85. The SMILES string of the molecule is CC(C)(NC(=O)CCCc1cccs1)c1ccccc1. The van der Waals surface area contributed by atoms with E-state index in [2.05, 4.69) is 22.8 Å². The lowest BCUT2D eigenvalue weighted by atomic mass is 9.94. The van der Waals surface area contributed by atoms with Crippen LogP contribution in [-0.2, 0) is 16.8 Å². The third-order valence-electron chi connectivity index (χ3n) is 3.35. The Bertz CT molecular complexity index is 531. The molecule has 0 spiro atoms. The zero-order valence-electron chi connectivity index (χ0n) is 12.1. The van der Waals surface area contributed by atoms with Gasteiger partial charge in [0.1, 0.15) is 0 Å². The van der Waals surface area contributed by atoms with Crippen molar-refractivity contribution in [2.75, 3.05) is 0 Å². The summed E-state index contributed by atoms with van der Waals surface area (Å²) in [5.74, 6) is 0.121. The number of thiophene rings is 1. The monoisotopic (exact) mass is 287 g/mol. The van der Waals surface area contributed by atoms with Crippen molar-refractivity contribution in [3.63, 3.8) is 0 Å². The van der Waals surface area contributed by atoms with Crippen LogP contribution in [0.3, 0.4) is 0 Å². The number of amides is 1. The normalized spacial score (nSPS) is 11.3. The molecule has 0 saturated heterocycles. The van der Waals surface area contributed by atoms with Crippen LogP contribution in [0, 0.1) is 0 Å². The second-order valence-corrected chi connectivity index (χ2v) is 6.50. The lowest BCUT2D eigenvalue weighted by Gasteiger charge is -2.27. The fourth-order valence-corrected chi connectivity index (χ4v) is 2.97. The number of carbonyl (C=O) groups excluding carboxylic acids is 1. The van der Waals surface area contributed by atoms with Crippen LogP contribution >= 0.6 is 11.3 Å². The van der Waals surface area contributed by atoms with E-state index >= 15 is 0 Å². The van der Waals surface area contributed by atoms with Crippen molar-refractivity contribution in [3.8, 4) is 0 Å². The third kappa shape index (κ3) is 4.20. The number of rotatable bonds is 6. The van der Waals surface area contributed by atoms with Gasteiger partial charge < -0.3 is 5.32 Å². The topological polar surface area (TPSA) is 29.1 Å². The molecule has 2 aromatic rings. The number of aryl methyl sites for hydroxylation is 1. The van der Waals surface area contributed by atoms with E-state index in [4.69, 9.17) is 0 Å². The number of nitrogens with one attached hydrogen (secondary N) is 1. The minimum Gasteiger partial charge on any atom is -0.347 e. The number of hydrogen-bond donors (Lipinski definition) is 1. The molecule has 1 amide bonds. The molecule has 0 radical (unpaired) electrons. The molecule has 20 heavy (non-hydrogen) atoms. The molecular formula is C17H21NOS. The molecule has 1 heterocycles. The van der Waals surface area contributed by atoms with Gasteiger partial charge in [-0.2, -0.15) is 0 Å². The Labute approximate surface area is 124 Å². The predicted molar refractivity (Wildman–Crippen MR) is 84.9 cm³/mol. The van der Waals surface area contributed by atoms with Gasteiger partial charge >= 0.3 is 0 Å². The van der Waals surface area contributed by atoms with Gasteiger partial charge in [-0.15, -0.1) is 11.3 Å². The molecular weight excluding hydrogens is 266 g/mol. The van der Waals surface area contributed by atoms with Crippen molar-refractivity contribution < 1.29 is 4.79 Å². The van der Waals surface area contributed by atoms with Gasteiger partial charge in [-0.3, -0.25) is 4.79 Å². The standard InChI is InChI=1S/C17H21NOS/c1-17(2,14-8-4-3-5-9-14)18-16(19)12-6-10-15-11-7-13-20-15/h3-5,7-9,11,13H,6,10,12H2,1-2H3,(H,18,19). The molecule has 0 aliphatic carbocycles. The van der Waals surface area contributed by atoms with Gasteiger partial charge in [0.05, 0.1) is 5.54 Å². The molecule has 3 heteroatoms. The predicted octanol–water partition coefficient (Wildman–Crippen LogP) is 4.12. The van der Waals surface area contributed by atoms with Crippen molar-refractivity contribution in [1.29, 1.82) is 0 Å². The van der Waals surface area contributed by atoms with Gasteiger partial charge in [-0.25, -0.2) is 0 Å². The van der Waals surface area contributed by atoms with Crippen LogP contribution in [-0.4, -0.2) is 5.91 Å². The van der Waals surface area contributed by atoms with Gasteiger partial charge in [0.2, 0.25) is 5.91 Å². The van der Waals surface area contributed by atoms with Crippen molar-refractivity contribution in [2.45, 2.75) is 38.6 Å². The van der Waals surface area contributed by atoms with Crippen molar-refractivity contribution in [2.24, 2.45) is 0 Å². The van der Waals surface area contributed by atoms with Crippen LogP contribution < -0.4 is 5.32 Å². The second kappa shape index (κ2) is 6.71. The molecule has 0 aliphatic heterocycles. The zero-order chi connectivity index (χ0) is 14.4. The molecule has 0 fully saturated rings. The lowest BCUT2D eigenvalue weighted by molar-refractivity contribution is -0.122. The van der Waals surface area contributed by atoms with E-state index in [1.807, 2.05) is 44.2 Å². The van der Waals surface area contributed by atoms with E-state index in [1.54, 1.807) is 11.3 Å². The maximum absolute atomic E-state index is 12.1. The first-order valence-electron chi connectivity index (χ1n) is 6.97. The Morgan fingerprint density at radius 1 is 1.15 bits per heavy atom. The number of hydrogen-bond acceptors (Lipinski definition) is 2. The summed E-state index contributed by atoms with van der Waals surface area (Å²) in [5, 5.41) is 5.19. The highest BCUT2D eigenvalue weighted by Gasteiger charge is 2.21. The maximum Gasteiger partial charge on any atom is 0.220 e. The quantitative estimate of drug-likeness (QED) is 0.850. The van der Waals surface area contributed by atoms with Crippen LogP contribution in [0.15, 0.2) is 47.8 Å². The van der Waals surface area contributed by atoms with E-state index in [9.17, 15) is 4.79 Å². The Kier molecular flexibility index (Phi) is 4.96. The van der Waals surface area contributed by atoms with E-state index in [-0.39, 0.29) is 11.4 Å². The van der Waals surface area contributed by atoms with Gasteiger partial charge in [0, 0.05) is 11.3 Å². The fourth-order valence-electron chi connectivity index (χ4n) is 2.22. The third-order valence-corrected chi connectivity index (χ3v) is 4.29. The smallest absolute Gasteiger partial charge is 0.220 e. The molecule has 0 aliphatic rings. The summed E-state index contributed by atoms with van der Waals surface area (Å²) in [6.45, 7) is 4.08. The Morgan fingerprint density at radius 3 is 2.55 bits per heavy atom. The van der Waals surface area contributed by atoms with Crippen LogP contribution in [0.2, 0.25) is 0 Å². The molecule has 0 saturated carbocycles. The Morgan fingerprint density at radius 2 is 1.90 bits per heavy atom. The molecule has 2 nitrogen and oxygen atoms in total. The number of benzene rings is 1. The summed E-state index contributed by atoms with van der Waals surface area (Å²) >= 11 is 1.75. The molecule has 1 aromatic carbocycles. The lowest BCUT2D eigenvalue weighted by Crippen LogP contribution is -2.40. The molecule has 1 N–H and O–H groups in total. The molecule has 1 aromatic heterocycles. The van der Waals surface area contributed by atoms with Crippen LogP contribution in [0.25, 0.3) is 0 Å². The molecule has 0 atom stereocenters. The van der Waals surface area contributed by atoms with Gasteiger partial charge in [-0.05, 0) is 43.7 Å². The van der Waals surface area contributed by atoms with Crippen molar-refractivity contribution in [3.05, 3.63) is 58.3 Å². The Hall–Kier alpha value is -1.61. The van der Waals surface area contributed by atoms with Crippen molar-refractivity contribution >= 4 is 17.2 Å². The van der Waals surface area contributed by atoms with E-state index < -0.39 is 0 Å². The second-order valence-electron chi connectivity index (χ2n) is 5.47. The van der Waals surface area contributed by atoms with E-state index in [0.717, 1.165) is 18.4 Å². The average Bonchev–Trinajstić information content (AvgIpc) is 2.92. The highest BCUT2D eigenvalue weighted by Crippen LogP contribution is 2.20. The van der Waals surface area contributed by atoms with Crippen LogP contribution in [0.4, 0.5) is 0 Å². The average molecular weight is 287 g/mol. The minimum atomic E-state index is -0.318. The number of carbonyl (C=O) groups is 1. The summed E-state index contributed by atoms with van der Waals surface area (Å²) in [4.78, 5) is 13.4. The first-order chi connectivity index (χ1) is 9.58. The first kappa shape index (κ1) is 14.8. The largest absolute Gasteiger partial charge is 0.347 e. The van der Waals surface area contributed by atoms with Gasteiger partial charge in [-0.1, -0.05) is 36.4 Å². The summed E-state index contributed by atoms with van der Waals surface area (Å²) in [6, 6.07) is 14.3. The summed E-state index contributed by atoms with van der Waals surface area (Å²) in [5.41, 5.74) is 0.813. The van der Waals surface area contributed by atoms with E-state index in [1.165, 1.54) is 4.88 Å². The maximum atomic E-state index is 12.1. The molecule has 106 valence electrons. The van der Waals surface area contributed by atoms with Crippen LogP contribution in [0.1, 0.15) is 37.1 Å². The molecule has 2 rings (SSSR count). The fraction of sp³-hybridized carbons (Fsp3) is 0.353. The Balaban J connectivity index is 1.81. The molecule has 0 unspecified atom stereocenters. The van der Waals surface area contributed by atoms with Crippen LogP contribution in [0.5, 0.6) is 0 Å². The van der Waals surface area contributed by atoms with Crippen molar-refractivity contribution in [1.82, 2.24) is 5.32 Å². The van der Waals surface area contributed by atoms with E-state index in [0.29, 0.717) is 6.42 Å². The summed E-state index contributed by atoms with van der Waals surface area (Å²) in [7, 11) is 0. The minimum absolute atomic E-state index is 0.121. The zero-order valence-corrected chi connectivity index (χ0v) is 12.9. The van der Waals surface area contributed by atoms with Gasteiger partial charge in [0.15, 0.2) is 0 Å². The molecule has 0 bridgehead atoms.